The Morgan fingerprint density at radius 3 is 2.33 bits per heavy atom. The summed E-state index contributed by atoms with van der Waals surface area (Å²) in [5.41, 5.74) is -0.0164. The Hall–Kier alpha value is -4.08. The summed E-state index contributed by atoms with van der Waals surface area (Å²) < 4.78 is 16.0. The molecular weight excluding hydrogens is 394 g/mol. The summed E-state index contributed by atoms with van der Waals surface area (Å²) >= 11 is 0. The van der Waals surface area contributed by atoms with Gasteiger partial charge in [-0.15, -0.1) is 0 Å². The van der Waals surface area contributed by atoms with Gasteiger partial charge in [-0.2, -0.15) is 0 Å². The topological polar surface area (TPSA) is 119 Å². The van der Waals surface area contributed by atoms with E-state index < -0.39 is 10.8 Å². The number of hydrogen-bond donors (Lipinski definition) is 0. The number of nitrogens with zero attached hydrogens (tertiary/aromatic N) is 3. The van der Waals surface area contributed by atoms with Gasteiger partial charge in [0, 0.05) is 12.1 Å². The van der Waals surface area contributed by atoms with Crippen LogP contribution in [0, 0.1) is 10.1 Å². The summed E-state index contributed by atoms with van der Waals surface area (Å²) in [6, 6.07) is 10.8. The van der Waals surface area contributed by atoms with E-state index >= 15 is 0 Å². The van der Waals surface area contributed by atoms with Crippen molar-refractivity contribution in [1.82, 2.24) is 4.90 Å². The van der Waals surface area contributed by atoms with E-state index in [1.165, 1.54) is 40.5 Å². The van der Waals surface area contributed by atoms with Gasteiger partial charge in [0.05, 0.1) is 36.2 Å². The molecule has 10 nitrogen and oxygen atoms in total. The molecule has 1 aliphatic rings. The monoisotopic (exact) mass is 411 g/mol. The van der Waals surface area contributed by atoms with Crippen molar-refractivity contribution in [2.24, 2.45) is 0 Å². The smallest absolute Gasteiger partial charge is 0.271 e. The molecule has 154 valence electrons. The Balaban J connectivity index is 1.59. The van der Waals surface area contributed by atoms with E-state index in [9.17, 15) is 19.7 Å². The molecule has 1 aromatic carbocycles. The minimum absolute atomic E-state index is 0.173. The van der Waals surface area contributed by atoms with E-state index in [4.69, 9.17) is 13.6 Å². The zero-order chi connectivity index (χ0) is 21.1. The first kappa shape index (κ1) is 19.2. The van der Waals surface area contributed by atoms with Gasteiger partial charge in [-0.1, -0.05) is 0 Å². The van der Waals surface area contributed by atoms with E-state index in [0.29, 0.717) is 17.3 Å². The van der Waals surface area contributed by atoms with Crippen molar-refractivity contribution in [1.29, 1.82) is 0 Å². The Labute approximate surface area is 170 Å². The quantitative estimate of drug-likeness (QED) is 0.433. The first-order valence-corrected chi connectivity index (χ1v) is 9.05. The molecule has 0 aliphatic carbocycles. The van der Waals surface area contributed by atoms with Crippen LogP contribution in [0.15, 0.2) is 63.8 Å². The fraction of sp³-hybridized carbons (Fsp3) is 0.200. The molecule has 4 rings (SSSR count). The number of fused-ring (bicyclic) bond motifs is 1. The molecule has 10 heteroatoms. The van der Waals surface area contributed by atoms with Crippen molar-refractivity contribution < 1.29 is 28.1 Å². The summed E-state index contributed by atoms with van der Waals surface area (Å²) in [5.74, 6) is 0.595. The average molecular weight is 411 g/mol. The van der Waals surface area contributed by atoms with Crippen LogP contribution in [-0.2, 0) is 22.7 Å². The Morgan fingerprint density at radius 1 is 1.10 bits per heavy atom. The van der Waals surface area contributed by atoms with Gasteiger partial charge in [0.1, 0.15) is 23.8 Å². The van der Waals surface area contributed by atoms with Crippen LogP contribution in [0.4, 0.5) is 11.4 Å². The number of benzene rings is 1. The number of amides is 2. The molecule has 2 aromatic heterocycles. The standard InChI is InChI=1S/C20H17N3O7/c24-19(21(10-15-3-1-7-28-15)11-16-4-2-8-29-16)12-22-17-9-14(23(26)27)5-6-18(17)30-13-20(22)25/h1-9H,10-13H2. The molecule has 3 heterocycles. The van der Waals surface area contributed by atoms with Crippen molar-refractivity contribution in [2.75, 3.05) is 18.1 Å². The van der Waals surface area contributed by atoms with Gasteiger partial charge < -0.3 is 18.5 Å². The second-order valence-corrected chi connectivity index (χ2v) is 6.59. The fourth-order valence-corrected chi connectivity index (χ4v) is 3.13. The minimum atomic E-state index is -0.570. The highest BCUT2D eigenvalue weighted by Crippen LogP contribution is 2.35. The van der Waals surface area contributed by atoms with E-state index in [0.717, 1.165) is 0 Å². The third kappa shape index (κ3) is 4.02. The SMILES string of the molecule is O=C(CN1C(=O)COc2ccc([N+](=O)[O-])cc21)N(Cc1ccco1)Cc1ccco1. The number of nitro groups is 1. The fourth-order valence-electron chi connectivity index (χ4n) is 3.13. The third-order valence-electron chi connectivity index (χ3n) is 4.60. The molecule has 0 unspecified atom stereocenters. The zero-order valence-corrected chi connectivity index (χ0v) is 15.7. The van der Waals surface area contributed by atoms with Crippen LogP contribution >= 0.6 is 0 Å². The number of hydrogen-bond acceptors (Lipinski definition) is 7. The molecule has 0 atom stereocenters. The second kappa shape index (κ2) is 8.11. The lowest BCUT2D eigenvalue weighted by Gasteiger charge is -2.30. The highest BCUT2D eigenvalue weighted by atomic mass is 16.6. The Kier molecular flexibility index (Phi) is 5.21. The van der Waals surface area contributed by atoms with Crippen LogP contribution in [0.25, 0.3) is 0 Å². The molecule has 0 N–H and O–H groups in total. The lowest BCUT2D eigenvalue weighted by molar-refractivity contribution is -0.384. The van der Waals surface area contributed by atoms with Crippen LogP contribution in [0.1, 0.15) is 11.5 Å². The van der Waals surface area contributed by atoms with Crippen LogP contribution in [0.2, 0.25) is 0 Å². The molecule has 2 amide bonds. The van der Waals surface area contributed by atoms with Crippen LogP contribution in [0.5, 0.6) is 5.75 Å². The van der Waals surface area contributed by atoms with Crippen LogP contribution in [0.3, 0.4) is 0 Å². The maximum atomic E-state index is 13.1. The van der Waals surface area contributed by atoms with E-state index in [-0.39, 0.29) is 43.5 Å². The zero-order valence-electron chi connectivity index (χ0n) is 15.7. The third-order valence-corrected chi connectivity index (χ3v) is 4.60. The maximum absolute atomic E-state index is 13.1. The lowest BCUT2D eigenvalue weighted by Crippen LogP contribution is -2.46. The average Bonchev–Trinajstić information content (AvgIpc) is 3.43. The molecule has 0 saturated heterocycles. The minimum Gasteiger partial charge on any atom is -0.482 e. The predicted octanol–water partition coefficient (Wildman–Crippen LogP) is 2.74. The van der Waals surface area contributed by atoms with E-state index in [2.05, 4.69) is 0 Å². The van der Waals surface area contributed by atoms with Gasteiger partial charge in [0.25, 0.3) is 11.6 Å². The first-order valence-electron chi connectivity index (χ1n) is 9.05. The van der Waals surface area contributed by atoms with E-state index in [1.54, 1.807) is 24.3 Å². The van der Waals surface area contributed by atoms with Crippen molar-refractivity contribution in [3.63, 3.8) is 0 Å². The van der Waals surface area contributed by atoms with E-state index in [1.807, 2.05) is 0 Å². The van der Waals surface area contributed by atoms with Crippen molar-refractivity contribution >= 4 is 23.2 Å². The van der Waals surface area contributed by atoms with Gasteiger partial charge in [-0.05, 0) is 30.3 Å². The largest absolute Gasteiger partial charge is 0.482 e. The first-order chi connectivity index (χ1) is 14.5. The molecule has 0 bridgehead atoms. The predicted molar refractivity (Wildman–Crippen MR) is 103 cm³/mol. The Morgan fingerprint density at radius 2 is 1.77 bits per heavy atom. The molecule has 0 radical (unpaired) electrons. The number of rotatable bonds is 7. The van der Waals surface area contributed by atoms with Gasteiger partial charge in [0.15, 0.2) is 6.61 Å². The normalized spacial score (nSPS) is 12.9. The number of ether oxygens (including phenoxy) is 1. The molecular formula is C20H17N3O7. The highest BCUT2D eigenvalue weighted by molar-refractivity contribution is 6.02. The number of carbonyl (C=O) groups is 2. The molecule has 0 saturated carbocycles. The van der Waals surface area contributed by atoms with Crippen LogP contribution in [-0.4, -0.2) is 34.8 Å². The summed E-state index contributed by atoms with van der Waals surface area (Å²) in [6.07, 6.45) is 3.01. The number of nitro benzene ring substituents is 1. The van der Waals surface area contributed by atoms with Gasteiger partial charge in [-0.25, -0.2) is 0 Å². The van der Waals surface area contributed by atoms with Gasteiger partial charge in [-0.3, -0.25) is 24.6 Å². The van der Waals surface area contributed by atoms with Crippen molar-refractivity contribution in [2.45, 2.75) is 13.1 Å². The molecule has 1 aliphatic heterocycles. The summed E-state index contributed by atoms with van der Waals surface area (Å²) in [4.78, 5) is 38.8. The summed E-state index contributed by atoms with van der Waals surface area (Å²) in [7, 11) is 0. The summed E-state index contributed by atoms with van der Waals surface area (Å²) in [6.45, 7) is -0.216. The van der Waals surface area contributed by atoms with Gasteiger partial charge >= 0.3 is 0 Å². The highest BCUT2D eigenvalue weighted by Gasteiger charge is 2.31. The lowest BCUT2D eigenvalue weighted by atomic mass is 10.2. The molecule has 0 fully saturated rings. The molecule has 3 aromatic rings. The summed E-state index contributed by atoms with van der Waals surface area (Å²) in [5, 5.41) is 11.1. The molecule has 0 spiro atoms. The number of carbonyl (C=O) groups excluding carboxylic acids is 2. The number of furan rings is 2. The van der Waals surface area contributed by atoms with Gasteiger partial charge in [0.2, 0.25) is 5.91 Å². The number of anilines is 1. The molecule has 30 heavy (non-hydrogen) atoms. The maximum Gasteiger partial charge on any atom is 0.271 e. The Bertz CT molecular complexity index is 1020. The van der Waals surface area contributed by atoms with Crippen molar-refractivity contribution in [3.05, 3.63) is 76.6 Å². The second-order valence-electron chi connectivity index (χ2n) is 6.59. The van der Waals surface area contributed by atoms with Crippen molar-refractivity contribution in [3.8, 4) is 5.75 Å². The number of non-ortho nitro benzene ring substituents is 1. The van der Waals surface area contributed by atoms with Crippen LogP contribution < -0.4 is 9.64 Å².